The summed E-state index contributed by atoms with van der Waals surface area (Å²) in [5.41, 5.74) is 5.49. The van der Waals surface area contributed by atoms with Crippen LogP contribution in [-0.2, 0) is 23.8 Å². The highest BCUT2D eigenvalue weighted by atomic mass is 16.6. The maximum atomic E-state index is 13.1. The summed E-state index contributed by atoms with van der Waals surface area (Å²) in [6, 6.07) is 5.66. The van der Waals surface area contributed by atoms with Gasteiger partial charge in [0.1, 0.15) is 29.7 Å². The van der Waals surface area contributed by atoms with Gasteiger partial charge >= 0.3 is 12.1 Å². The second-order valence-electron chi connectivity index (χ2n) is 11.6. The molecule has 1 fully saturated rings. The molecule has 0 radical (unpaired) electrons. The highest BCUT2D eigenvalue weighted by molar-refractivity contribution is 5.98. The fraction of sp³-hybridized carbons (Fsp3) is 0.571. The molecule has 1 aromatic rings. The molecule has 2 amide bonds. The summed E-state index contributed by atoms with van der Waals surface area (Å²) >= 11 is 0. The zero-order valence-electron chi connectivity index (χ0n) is 24.1. The predicted molar refractivity (Wildman–Crippen MR) is 149 cm³/mol. The Morgan fingerprint density at radius 1 is 1.10 bits per heavy atom. The highest BCUT2D eigenvalue weighted by Crippen LogP contribution is 2.20. The Morgan fingerprint density at radius 2 is 1.73 bits per heavy atom. The molecule has 0 aromatic heterocycles. The Morgan fingerprint density at radius 3 is 2.27 bits per heavy atom. The number of hydrogen-bond donors (Lipinski definition) is 4. The number of nitrogens with one attached hydrogen (secondary N) is 3. The van der Waals surface area contributed by atoms with E-state index in [4.69, 9.17) is 25.4 Å². The van der Waals surface area contributed by atoms with E-state index in [-0.39, 0.29) is 32.0 Å². The second kappa shape index (κ2) is 14.0. The average Bonchev–Trinajstić information content (AvgIpc) is 2.83. The van der Waals surface area contributed by atoms with Crippen LogP contribution in [0.5, 0.6) is 0 Å². The molecule has 1 saturated heterocycles. The summed E-state index contributed by atoms with van der Waals surface area (Å²) in [5.74, 6) is 0.890. The van der Waals surface area contributed by atoms with Gasteiger partial charge in [-0.15, -0.1) is 0 Å². The monoisotopic (exact) mass is 559 g/mol. The van der Waals surface area contributed by atoms with Gasteiger partial charge in [0.05, 0.1) is 18.8 Å². The number of amidine groups is 1. The summed E-state index contributed by atoms with van der Waals surface area (Å²) in [5, 5.41) is 13.1. The molecule has 12 heteroatoms. The van der Waals surface area contributed by atoms with Gasteiger partial charge in [0.25, 0.3) is 5.91 Å². The van der Waals surface area contributed by atoms with Crippen LogP contribution in [0.15, 0.2) is 30.0 Å². The van der Waals surface area contributed by atoms with Gasteiger partial charge in [-0.25, -0.2) is 14.4 Å². The average molecular weight is 560 g/mol. The quantitative estimate of drug-likeness (QED) is 0.145. The zero-order chi connectivity index (χ0) is 30.1. The van der Waals surface area contributed by atoms with Crippen molar-refractivity contribution in [1.29, 1.82) is 5.41 Å². The number of carbonyl (C=O) groups is 3. The molecule has 2 atom stereocenters. The van der Waals surface area contributed by atoms with Gasteiger partial charge in [0.2, 0.25) is 0 Å². The minimum absolute atomic E-state index is 0.0267. The number of ether oxygens (including phenoxy) is 3. The van der Waals surface area contributed by atoms with E-state index in [0.29, 0.717) is 29.8 Å². The number of nitrogens with zero attached hydrogens (tertiary/aromatic N) is 1. The van der Waals surface area contributed by atoms with Crippen LogP contribution in [0.3, 0.4) is 0 Å². The molecule has 2 rings (SSSR count). The molecule has 0 saturated carbocycles. The van der Waals surface area contributed by atoms with Crippen molar-refractivity contribution < 1.29 is 33.4 Å². The van der Waals surface area contributed by atoms with E-state index < -0.39 is 41.3 Å². The number of nitrogens with two attached hydrogens (primary N) is 1. The number of amides is 2. The molecule has 220 valence electrons. The number of benzene rings is 1. The molecule has 1 aliphatic heterocycles. The largest absolute Gasteiger partial charge is 0.458 e. The van der Waals surface area contributed by atoms with Crippen LogP contribution >= 0.6 is 0 Å². The molecule has 1 heterocycles. The smallest absolute Gasteiger partial charge is 0.407 e. The lowest BCUT2D eigenvalue weighted by molar-refractivity contribution is -0.163. The first-order chi connectivity index (χ1) is 18.6. The molecular weight excluding hydrogens is 518 g/mol. The summed E-state index contributed by atoms with van der Waals surface area (Å²) < 4.78 is 16.4. The molecular formula is C28H41N5O7. The first-order valence-corrected chi connectivity index (χ1v) is 13.1. The predicted octanol–water partition coefficient (Wildman–Crippen LogP) is 2.13. The van der Waals surface area contributed by atoms with Crippen molar-refractivity contribution >= 4 is 29.7 Å². The van der Waals surface area contributed by atoms with E-state index in [1.807, 2.05) is 26.7 Å². The molecule has 1 aromatic carbocycles. The van der Waals surface area contributed by atoms with Crippen molar-refractivity contribution in [1.82, 2.24) is 15.5 Å². The third-order valence-corrected chi connectivity index (χ3v) is 5.71. The molecule has 0 aliphatic carbocycles. The maximum absolute atomic E-state index is 13.1. The number of hydrogen-bond acceptors (Lipinski definition) is 9. The van der Waals surface area contributed by atoms with Crippen molar-refractivity contribution in [3.8, 4) is 0 Å². The van der Waals surface area contributed by atoms with Crippen LogP contribution in [0.4, 0.5) is 4.79 Å². The van der Waals surface area contributed by atoms with Crippen molar-refractivity contribution in [2.75, 3.05) is 26.3 Å². The first kappa shape index (κ1) is 32.3. The topological polar surface area (TPSA) is 173 Å². The Kier molecular flexibility index (Phi) is 11.3. The van der Waals surface area contributed by atoms with E-state index in [9.17, 15) is 19.2 Å². The van der Waals surface area contributed by atoms with Crippen molar-refractivity contribution in [2.45, 2.75) is 77.7 Å². The maximum Gasteiger partial charge on any atom is 0.407 e. The molecule has 1 aliphatic rings. The van der Waals surface area contributed by atoms with Crippen LogP contribution in [-0.4, -0.2) is 84.2 Å². The van der Waals surface area contributed by atoms with Gasteiger partial charge in [-0.1, -0.05) is 12.1 Å². The third kappa shape index (κ3) is 11.1. The lowest BCUT2D eigenvalue weighted by Crippen LogP contribution is -2.56. The Bertz CT molecular complexity index is 1120. The summed E-state index contributed by atoms with van der Waals surface area (Å²) in [7, 11) is 0. The van der Waals surface area contributed by atoms with Gasteiger partial charge in [-0.05, 0) is 60.1 Å². The van der Waals surface area contributed by atoms with Crippen LogP contribution in [0.1, 0.15) is 70.3 Å². The standard InChI is InChI=1S/C28H41N5O7/c1-27(2,3)32-26(37)38-14-12-20(16-34)33-13-11-22(39-17-23(35)40-28(4,5)6)21(15-33)31-25(36)19-9-7-18(8-10-19)24(29)30/h7-10,21-22H,11-15,17H2,1-6H3,(H3,29,30)(H,31,36)(H,32,37)/t21?,22-/m0/s1. The fourth-order valence-electron chi connectivity index (χ4n) is 3.97. The number of nitrogen functional groups attached to an aromatic ring is 1. The molecule has 12 nitrogen and oxygen atoms in total. The zero-order valence-corrected chi connectivity index (χ0v) is 24.1. The minimum atomic E-state index is -0.668. The summed E-state index contributed by atoms with van der Waals surface area (Å²) in [6.45, 7) is 11.0. The number of likely N-dealkylation sites (tertiary alicyclic amines) is 1. The van der Waals surface area contributed by atoms with Crippen LogP contribution < -0.4 is 16.4 Å². The molecule has 0 bridgehead atoms. The first-order valence-electron chi connectivity index (χ1n) is 13.1. The van der Waals surface area contributed by atoms with Gasteiger partial charge in [0.15, 0.2) is 0 Å². The van der Waals surface area contributed by atoms with E-state index in [1.54, 1.807) is 49.9 Å². The van der Waals surface area contributed by atoms with E-state index >= 15 is 0 Å². The Labute approximate surface area is 235 Å². The normalized spacial score (nSPS) is 17.3. The third-order valence-electron chi connectivity index (χ3n) is 5.71. The van der Waals surface area contributed by atoms with E-state index in [0.717, 1.165) is 0 Å². The van der Waals surface area contributed by atoms with Crippen molar-refractivity contribution in [3.05, 3.63) is 41.1 Å². The van der Waals surface area contributed by atoms with E-state index in [1.165, 1.54) is 0 Å². The Balaban J connectivity index is 2.10. The number of piperidine rings is 1. The number of esters is 1. The van der Waals surface area contributed by atoms with Gasteiger partial charge < -0.3 is 35.5 Å². The van der Waals surface area contributed by atoms with Crippen LogP contribution in [0, 0.1) is 5.41 Å². The van der Waals surface area contributed by atoms with Crippen molar-refractivity contribution in [3.63, 3.8) is 0 Å². The SMILES string of the molecule is CC(C)(C)NC(=O)OCCC(=C=O)N1CC[C@H](OCC(=O)OC(C)(C)C)C(NC(=O)c2ccc(C(=N)N)cc2)C1. The van der Waals surface area contributed by atoms with Crippen LogP contribution in [0.2, 0.25) is 0 Å². The number of rotatable bonds is 10. The Hall–Kier alpha value is -3.89. The molecule has 40 heavy (non-hydrogen) atoms. The summed E-state index contributed by atoms with van der Waals surface area (Å²) in [6.07, 6.45) is -0.593. The minimum Gasteiger partial charge on any atom is -0.458 e. The van der Waals surface area contributed by atoms with Gasteiger partial charge in [-0.2, -0.15) is 0 Å². The lowest BCUT2D eigenvalue weighted by atomic mass is 10.00. The molecule has 5 N–H and O–H groups in total. The van der Waals surface area contributed by atoms with Crippen molar-refractivity contribution in [2.24, 2.45) is 5.73 Å². The molecule has 0 spiro atoms. The molecule has 1 unspecified atom stereocenters. The second-order valence-corrected chi connectivity index (χ2v) is 11.6. The summed E-state index contributed by atoms with van der Waals surface area (Å²) in [4.78, 5) is 50.8. The van der Waals surface area contributed by atoms with Gasteiger partial charge in [-0.3, -0.25) is 10.2 Å². The lowest BCUT2D eigenvalue weighted by Gasteiger charge is -2.39. The number of carbonyl (C=O) groups excluding carboxylic acids is 4. The highest BCUT2D eigenvalue weighted by Gasteiger charge is 2.33. The van der Waals surface area contributed by atoms with Gasteiger partial charge in [0, 0.05) is 36.2 Å². The number of alkyl carbamates (subject to hydrolysis) is 1. The van der Waals surface area contributed by atoms with E-state index in [2.05, 4.69) is 10.6 Å². The fourth-order valence-corrected chi connectivity index (χ4v) is 3.97. The van der Waals surface area contributed by atoms with Crippen LogP contribution in [0.25, 0.3) is 0 Å².